The van der Waals surface area contributed by atoms with E-state index in [2.05, 4.69) is 49.2 Å². The van der Waals surface area contributed by atoms with Gasteiger partial charge in [0.05, 0.1) is 13.1 Å². The van der Waals surface area contributed by atoms with Crippen molar-refractivity contribution >= 4 is 0 Å². The van der Waals surface area contributed by atoms with Crippen molar-refractivity contribution in [2.45, 2.75) is 38.4 Å². The molecule has 1 saturated heterocycles. The second-order valence-corrected chi connectivity index (χ2v) is 7.49. The SMILES string of the molecule is c1ccc(-c2ccc(CN3CCC(c4nnc5n4CCNC5)CC3)o2)cc1. The number of furan rings is 1. The average molecular weight is 363 g/mol. The first-order chi connectivity index (χ1) is 13.4. The van der Waals surface area contributed by atoms with Crippen molar-refractivity contribution in [1.29, 1.82) is 0 Å². The van der Waals surface area contributed by atoms with Crippen LogP contribution in [0.2, 0.25) is 0 Å². The number of hydrogen-bond acceptors (Lipinski definition) is 5. The van der Waals surface area contributed by atoms with E-state index in [0.717, 1.165) is 75.0 Å². The van der Waals surface area contributed by atoms with E-state index in [4.69, 9.17) is 4.42 Å². The fourth-order valence-corrected chi connectivity index (χ4v) is 4.21. The molecule has 4 heterocycles. The largest absolute Gasteiger partial charge is 0.460 e. The fourth-order valence-electron chi connectivity index (χ4n) is 4.21. The van der Waals surface area contributed by atoms with Gasteiger partial charge in [-0.05, 0) is 38.1 Å². The Balaban J connectivity index is 1.20. The van der Waals surface area contributed by atoms with Gasteiger partial charge in [-0.2, -0.15) is 0 Å². The summed E-state index contributed by atoms with van der Waals surface area (Å²) in [5.74, 6) is 4.79. The summed E-state index contributed by atoms with van der Waals surface area (Å²) in [6.45, 7) is 5.88. The van der Waals surface area contributed by atoms with Crippen LogP contribution in [-0.2, 0) is 19.6 Å². The maximum Gasteiger partial charge on any atom is 0.147 e. The van der Waals surface area contributed by atoms with Crippen LogP contribution in [0.3, 0.4) is 0 Å². The summed E-state index contributed by atoms with van der Waals surface area (Å²) in [4.78, 5) is 2.49. The Morgan fingerprint density at radius 3 is 2.70 bits per heavy atom. The highest BCUT2D eigenvalue weighted by Crippen LogP contribution is 2.29. The van der Waals surface area contributed by atoms with E-state index in [1.54, 1.807) is 0 Å². The molecule has 0 atom stereocenters. The van der Waals surface area contributed by atoms with Crippen LogP contribution in [0.25, 0.3) is 11.3 Å². The van der Waals surface area contributed by atoms with E-state index >= 15 is 0 Å². The number of piperidine rings is 1. The number of fused-ring (bicyclic) bond motifs is 1. The summed E-state index contributed by atoms with van der Waals surface area (Å²) in [6, 6.07) is 14.5. The van der Waals surface area contributed by atoms with Gasteiger partial charge in [0, 0.05) is 24.6 Å². The molecule has 27 heavy (non-hydrogen) atoms. The van der Waals surface area contributed by atoms with E-state index in [1.165, 1.54) is 5.82 Å². The molecule has 0 bridgehead atoms. The third-order valence-electron chi connectivity index (χ3n) is 5.70. The normalized spacial score (nSPS) is 18.5. The number of hydrogen-bond donors (Lipinski definition) is 1. The Labute approximate surface area is 159 Å². The van der Waals surface area contributed by atoms with Crippen LogP contribution < -0.4 is 5.32 Å². The van der Waals surface area contributed by atoms with E-state index in [9.17, 15) is 0 Å². The molecule has 1 fully saturated rings. The zero-order chi connectivity index (χ0) is 18.1. The van der Waals surface area contributed by atoms with Gasteiger partial charge in [-0.3, -0.25) is 4.90 Å². The number of rotatable bonds is 4. The monoisotopic (exact) mass is 363 g/mol. The maximum atomic E-state index is 6.07. The minimum absolute atomic E-state index is 0.525. The summed E-state index contributed by atoms with van der Waals surface area (Å²) >= 11 is 0. The van der Waals surface area contributed by atoms with E-state index in [-0.39, 0.29) is 0 Å². The van der Waals surface area contributed by atoms with Crippen molar-refractivity contribution in [2.24, 2.45) is 0 Å². The third kappa shape index (κ3) is 3.42. The Kier molecular flexibility index (Phi) is 4.51. The molecule has 6 heteroatoms. The van der Waals surface area contributed by atoms with Crippen LogP contribution in [0.15, 0.2) is 46.9 Å². The van der Waals surface area contributed by atoms with Crippen molar-refractivity contribution in [2.75, 3.05) is 19.6 Å². The molecular weight excluding hydrogens is 338 g/mol. The lowest BCUT2D eigenvalue weighted by atomic mass is 9.95. The number of aromatic nitrogens is 3. The van der Waals surface area contributed by atoms with Crippen LogP contribution in [0.4, 0.5) is 0 Å². The van der Waals surface area contributed by atoms with Crippen molar-refractivity contribution < 1.29 is 4.42 Å². The standard InChI is InChI=1S/C21H25N5O/c1-2-4-16(5-3-1)19-7-6-18(27-19)15-25-11-8-17(9-12-25)21-24-23-20-14-22-10-13-26(20)21/h1-7,17,22H,8-15H2. The highest BCUT2D eigenvalue weighted by molar-refractivity contribution is 5.57. The first-order valence-corrected chi connectivity index (χ1v) is 9.86. The lowest BCUT2D eigenvalue weighted by Gasteiger charge is -2.31. The lowest BCUT2D eigenvalue weighted by Crippen LogP contribution is -2.34. The Morgan fingerprint density at radius 1 is 1.00 bits per heavy atom. The molecule has 1 N–H and O–H groups in total. The molecule has 0 radical (unpaired) electrons. The molecule has 6 nitrogen and oxygen atoms in total. The van der Waals surface area contributed by atoms with Gasteiger partial charge in [-0.15, -0.1) is 10.2 Å². The van der Waals surface area contributed by atoms with Gasteiger partial charge in [-0.1, -0.05) is 30.3 Å². The van der Waals surface area contributed by atoms with Crippen molar-refractivity contribution in [3.05, 3.63) is 59.9 Å². The number of benzene rings is 1. The second-order valence-electron chi connectivity index (χ2n) is 7.49. The van der Waals surface area contributed by atoms with Crippen LogP contribution in [-0.4, -0.2) is 39.3 Å². The molecule has 2 aliphatic rings. The molecule has 2 aromatic heterocycles. The molecule has 5 rings (SSSR count). The molecule has 140 valence electrons. The lowest BCUT2D eigenvalue weighted by molar-refractivity contribution is 0.187. The van der Waals surface area contributed by atoms with Crippen LogP contribution in [0.5, 0.6) is 0 Å². The number of nitrogens with one attached hydrogen (secondary N) is 1. The predicted molar refractivity (Wildman–Crippen MR) is 103 cm³/mol. The van der Waals surface area contributed by atoms with Crippen LogP contribution >= 0.6 is 0 Å². The number of likely N-dealkylation sites (tertiary alicyclic amines) is 1. The summed E-state index contributed by atoms with van der Waals surface area (Å²) in [5, 5.41) is 12.2. The first kappa shape index (κ1) is 16.7. The van der Waals surface area contributed by atoms with Gasteiger partial charge < -0.3 is 14.3 Å². The first-order valence-electron chi connectivity index (χ1n) is 9.86. The molecule has 1 aromatic carbocycles. The average Bonchev–Trinajstić information content (AvgIpc) is 3.37. The Hall–Kier alpha value is -2.44. The van der Waals surface area contributed by atoms with Gasteiger partial charge in [0.1, 0.15) is 23.2 Å². The molecule has 0 aliphatic carbocycles. The van der Waals surface area contributed by atoms with E-state index in [0.29, 0.717) is 5.92 Å². The minimum atomic E-state index is 0.525. The van der Waals surface area contributed by atoms with Gasteiger partial charge >= 0.3 is 0 Å². The Morgan fingerprint density at radius 2 is 1.85 bits per heavy atom. The summed E-state index contributed by atoms with van der Waals surface area (Å²) in [5.41, 5.74) is 1.13. The smallest absolute Gasteiger partial charge is 0.147 e. The van der Waals surface area contributed by atoms with Gasteiger partial charge in [-0.25, -0.2) is 0 Å². The fraction of sp³-hybridized carbons (Fsp3) is 0.429. The topological polar surface area (TPSA) is 59.1 Å². The number of nitrogens with zero attached hydrogens (tertiary/aromatic N) is 4. The molecule has 0 unspecified atom stereocenters. The van der Waals surface area contributed by atoms with Crippen LogP contribution in [0.1, 0.15) is 36.2 Å². The van der Waals surface area contributed by atoms with E-state index < -0.39 is 0 Å². The molecule has 0 saturated carbocycles. The minimum Gasteiger partial charge on any atom is -0.460 e. The Bertz CT molecular complexity index is 892. The van der Waals surface area contributed by atoms with Gasteiger partial charge in [0.2, 0.25) is 0 Å². The molecule has 0 spiro atoms. The summed E-state index contributed by atoms with van der Waals surface area (Å²) in [6.07, 6.45) is 2.27. The highest BCUT2D eigenvalue weighted by Gasteiger charge is 2.27. The summed E-state index contributed by atoms with van der Waals surface area (Å²) in [7, 11) is 0. The second kappa shape index (κ2) is 7.29. The molecule has 3 aromatic rings. The van der Waals surface area contributed by atoms with Gasteiger partial charge in [0.25, 0.3) is 0 Å². The van der Waals surface area contributed by atoms with E-state index in [1.807, 2.05) is 18.2 Å². The zero-order valence-corrected chi connectivity index (χ0v) is 15.5. The maximum absolute atomic E-state index is 6.07. The third-order valence-corrected chi connectivity index (χ3v) is 5.70. The molecule has 0 amide bonds. The van der Waals surface area contributed by atoms with Crippen molar-refractivity contribution in [1.82, 2.24) is 25.0 Å². The predicted octanol–water partition coefficient (Wildman–Crippen LogP) is 3.02. The molecule has 2 aliphatic heterocycles. The van der Waals surface area contributed by atoms with Crippen LogP contribution in [0, 0.1) is 0 Å². The summed E-state index contributed by atoms with van der Waals surface area (Å²) < 4.78 is 8.40. The molecular formula is C21H25N5O. The van der Waals surface area contributed by atoms with Crippen molar-refractivity contribution in [3.8, 4) is 11.3 Å². The van der Waals surface area contributed by atoms with Crippen molar-refractivity contribution in [3.63, 3.8) is 0 Å². The van der Waals surface area contributed by atoms with Gasteiger partial charge in [0.15, 0.2) is 0 Å². The quantitative estimate of drug-likeness (QED) is 0.772. The highest BCUT2D eigenvalue weighted by atomic mass is 16.3. The zero-order valence-electron chi connectivity index (χ0n) is 15.5.